The Bertz CT molecular complexity index is 731. The van der Waals surface area contributed by atoms with Crippen molar-refractivity contribution in [3.63, 3.8) is 0 Å². The smallest absolute Gasteiger partial charge is 0.282 e. The SMILES string of the molecule is Cc1ccc(-c2ccccc2S(=O)(=O)O)c(C)c1C. The minimum atomic E-state index is -4.22. The summed E-state index contributed by atoms with van der Waals surface area (Å²) in [6.45, 7) is 5.98. The normalized spacial score (nSPS) is 11.6. The summed E-state index contributed by atoms with van der Waals surface area (Å²) in [7, 11) is -4.22. The second kappa shape index (κ2) is 4.79. The molecule has 0 aromatic heterocycles. The Kier molecular flexibility index (Phi) is 3.47. The number of hydrogen-bond acceptors (Lipinski definition) is 2. The second-order valence-corrected chi connectivity index (χ2v) is 6.04. The molecule has 0 aliphatic heterocycles. The zero-order valence-electron chi connectivity index (χ0n) is 11.1. The van der Waals surface area contributed by atoms with Gasteiger partial charge in [0.2, 0.25) is 0 Å². The summed E-state index contributed by atoms with van der Waals surface area (Å²) in [6, 6.07) is 10.3. The second-order valence-electron chi connectivity index (χ2n) is 4.65. The summed E-state index contributed by atoms with van der Waals surface area (Å²) in [5, 5.41) is 0. The van der Waals surface area contributed by atoms with E-state index in [4.69, 9.17) is 0 Å². The summed E-state index contributed by atoms with van der Waals surface area (Å²) >= 11 is 0. The molecule has 1 N–H and O–H groups in total. The van der Waals surface area contributed by atoms with E-state index in [2.05, 4.69) is 0 Å². The zero-order chi connectivity index (χ0) is 14.2. The number of benzene rings is 2. The molecule has 100 valence electrons. The molecule has 4 heteroatoms. The molecule has 0 unspecified atom stereocenters. The summed E-state index contributed by atoms with van der Waals surface area (Å²) in [6.07, 6.45) is 0. The molecule has 0 bridgehead atoms. The summed E-state index contributed by atoms with van der Waals surface area (Å²) in [5.74, 6) is 0. The molecule has 0 spiro atoms. The van der Waals surface area contributed by atoms with Gasteiger partial charge < -0.3 is 0 Å². The van der Waals surface area contributed by atoms with Crippen molar-refractivity contribution in [1.29, 1.82) is 0 Å². The average molecular weight is 276 g/mol. The first-order chi connectivity index (χ1) is 8.82. The molecule has 2 rings (SSSR count). The number of rotatable bonds is 2. The van der Waals surface area contributed by atoms with Crippen LogP contribution in [0.2, 0.25) is 0 Å². The van der Waals surface area contributed by atoms with Crippen LogP contribution in [-0.2, 0) is 10.1 Å². The molecule has 0 radical (unpaired) electrons. The predicted molar refractivity (Wildman–Crippen MR) is 75.9 cm³/mol. The van der Waals surface area contributed by atoms with Gasteiger partial charge in [0.15, 0.2) is 0 Å². The maximum absolute atomic E-state index is 11.4. The fourth-order valence-corrected chi connectivity index (χ4v) is 2.87. The molecule has 0 fully saturated rings. The highest BCUT2D eigenvalue weighted by Crippen LogP contribution is 2.31. The lowest BCUT2D eigenvalue weighted by molar-refractivity contribution is 0.483. The third-order valence-corrected chi connectivity index (χ3v) is 4.42. The van der Waals surface area contributed by atoms with E-state index in [1.807, 2.05) is 32.9 Å². The summed E-state index contributed by atoms with van der Waals surface area (Å²) in [5.41, 5.74) is 4.67. The molecule has 0 saturated carbocycles. The van der Waals surface area contributed by atoms with Crippen molar-refractivity contribution in [3.05, 3.63) is 53.1 Å². The summed E-state index contributed by atoms with van der Waals surface area (Å²) < 4.78 is 32.2. The largest absolute Gasteiger partial charge is 0.295 e. The Morgan fingerprint density at radius 2 is 1.47 bits per heavy atom. The molecule has 0 aliphatic rings. The highest BCUT2D eigenvalue weighted by Gasteiger charge is 2.17. The third-order valence-electron chi connectivity index (χ3n) is 3.51. The highest BCUT2D eigenvalue weighted by atomic mass is 32.2. The first-order valence-corrected chi connectivity index (χ1v) is 7.40. The van der Waals surface area contributed by atoms with Gasteiger partial charge in [-0.1, -0.05) is 30.3 Å². The molecule has 0 atom stereocenters. The highest BCUT2D eigenvalue weighted by molar-refractivity contribution is 7.86. The fourth-order valence-electron chi connectivity index (χ4n) is 2.16. The molecule has 2 aromatic carbocycles. The average Bonchev–Trinajstić information content (AvgIpc) is 2.35. The molecule has 0 heterocycles. The lowest BCUT2D eigenvalue weighted by atomic mass is 9.94. The van der Waals surface area contributed by atoms with Gasteiger partial charge in [-0.05, 0) is 49.1 Å². The van der Waals surface area contributed by atoms with Crippen LogP contribution in [-0.4, -0.2) is 13.0 Å². The number of aryl methyl sites for hydroxylation is 1. The van der Waals surface area contributed by atoms with Crippen LogP contribution in [0.1, 0.15) is 16.7 Å². The standard InChI is InChI=1S/C15H16O3S/c1-10-8-9-13(12(3)11(10)2)14-6-4-5-7-15(14)19(16,17)18/h4-9H,1-3H3,(H,16,17,18). The monoisotopic (exact) mass is 276 g/mol. The van der Waals surface area contributed by atoms with Crippen molar-refractivity contribution in [2.24, 2.45) is 0 Å². The van der Waals surface area contributed by atoms with Gasteiger partial charge in [-0.15, -0.1) is 0 Å². The van der Waals surface area contributed by atoms with Gasteiger partial charge in [0.05, 0.1) is 0 Å². The molecule has 2 aromatic rings. The van der Waals surface area contributed by atoms with Gasteiger partial charge in [-0.25, -0.2) is 0 Å². The van der Waals surface area contributed by atoms with E-state index in [-0.39, 0.29) is 4.90 Å². The van der Waals surface area contributed by atoms with Gasteiger partial charge in [-0.3, -0.25) is 4.55 Å². The van der Waals surface area contributed by atoms with Crippen molar-refractivity contribution in [3.8, 4) is 11.1 Å². The van der Waals surface area contributed by atoms with Crippen molar-refractivity contribution in [2.75, 3.05) is 0 Å². The molecule has 0 amide bonds. The van der Waals surface area contributed by atoms with Crippen LogP contribution in [0.5, 0.6) is 0 Å². The Morgan fingerprint density at radius 1 is 0.842 bits per heavy atom. The fraction of sp³-hybridized carbons (Fsp3) is 0.200. The van der Waals surface area contributed by atoms with Crippen LogP contribution in [0.25, 0.3) is 11.1 Å². The van der Waals surface area contributed by atoms with Gasteiger partial charge in [0.1, 0.15) is 4.90 Å². The molecule has 0 saturated heterocycles. The third kappa shape index (κ3) is 2.55. The predicted octanol–water partition coefficient (Wildman–Crippen LogP) is 3.53. The quantitative estimate of drug-likeness (QED) is 0.854. The Hall–Kier alpha value is -1.65. The van der Waals surface area contributed by atoms with Crippen molar-refractivity contribution < 1.29 is 13.0 Å². The molecular formula is C15H16O3S. The van der Waals surface area contributed by atoms with E-state index >= 15 is 0 Å². The molecule has 0 aliphatic carbocycles. The van der Waals surface area contributed by atoms with Gasteiger partial charge in [0, 0.05) is 5.56 Å². The zero-order valence-corrected chi connectivity index (χ0v) is 12.0. The lowest BCUT2D eigenvalue weighted by Gasteiger charge is -2.13. The number of hydrogen-bond donors (Lipinski definition) is 1. The van der Waals surface area contributed by atoms with E-state index in [0.29, 0.717) is 5.56 Å². The van der Waals surface area contributed by atoms with Crippen LogP contribution in [0.15, 0.2) is 41.3 Å². The lowest BCUT2D eigenvalue weighted by Crippen LogP contribution is -2.01. The topological polar surface area (TPSA) is 54.4 Å². The molecule has 3 nitrogen and oxygen atoms in total. The minimum Gasteiger partial charge on any atom is -0.282 e. The van der Waals surface area contributed by atoms with Crippen LogP contribution in [0.3, 0.4) is 0 Å². The van der Waals surface area contributed by atoms with E-state index in [1.165, 1.54) is 6.07 Å². The van der Waals surface area contributed by atoms with Crippen LogP contribution >= 0.6 is 0 Å². The maximum atomic E-state index is 11.4. The first-order valence-electron chi connectivity index (χ1n) is 5.96. The minimum absolute atomic E-state index is 0.0543. The molecular weight excluding hydrogens is 260 g/mol. The van der Waals surface area contributed by atoms with E-state index in [1.54, 1.807) is 18.2 Å². The summed E-state index contributed by atoms with van der Waals surface area (Å²) in [4.78, 5) is -0.0543. The first kappa shape index (κ1) is 13.8. The maximum Gasteiger partial charge on any atom is 0.295 e. The Labute approximate surface area is 113 Å². The van der Waals surface area contributed by atoms with Gasteiger partial charge in [-0.2, -0.15) is 8.42 Å². The van der Waals surface area contributed by atoms with Crippen molar-refractivity contribution >= 4 is 10.1 Å². The molecule has 19 heavy (non-hydrogen) atoms. The Balaban J connectivity index is 2.78. The van der Waals surface area contributed by atoms with Crippen molar-refractivity contribution in [1.82, 2.24) is 0 Å². The van der Waals surface area contributed by atoms with E-state index < -0.39 is 10.1 Å². The van der Waals surface area contributed by atoms with Gasteiger partial charge in [0.25, 0.3) is 10.1 Å². The van der Waals surface area contributed by atoms with Crippen LogP contribution in [0, 0.1) is 20.8 Å². The Morgan fingerprint density at radius 3 is 2.11 bits per heavy atom. The van der Waals surface area contributed by atoms with Crippen molar-refractivity contribution in [2.45, 2.75) is 25.7 Å². The van der Waals surface area contributed by atoms with E-state index in [0.717, 1.165) is 22.3 Å². The van der Waals surface area contributed by atoms with Gasteiger partial charge >= 0.3 is 0 Å². The van der Waals surface area contributed by atoms with E-state index in [9.17, 15) is 13.0 Å². The van der Waals surface area contributed by atoms with Crippen LogP contribution in [0.4, 0.5) is 0 Å². The van der Waals surface area contributed by atoms with Crippen LogP contribution < -0.4 is 0 Å².